The monoisotopic (exact) mass is 327 g/mol. The average Bonchev–Trinajstić information content (AvgIpc) is 2.39. The highest BCUT2D eigenvalue weighted by Crippen LogP contribution is 2.23. The number of benzene rings is 2. The molecule has 0 saturated carbocycles. The zero-order valence-corrected chi connectivity index (χ0v) is 12.1. The van der Waals surface area contributed by atoms with Crippen molar-refractivity contribution in [2.75, 3.05) is 4.72 Å². The molecule has 22 heavy (non-hydrogen) atoms. The molecule has 5 nitrogen and oxygen atoms in total. The molecule has 2 aromatic carbocycles. The molecule has 0 atom stereocenters. The maximum atomic E-state index is 13.6. The van der Waals surface area contributed by atoms with Gasteiger partial charge in [-0.15, -0.1) is 0 Å². The summed E-state index contributed by atoms with van der Waals surface area (Å²) in [5.41, 5.74) is 0.140. The second-order valence-electron chi connectivity index (χ2n) is 4.53. The number of halogens is 2. The van der Waals surface area contributed by atoms with Crippen molar-refractivity contribution in [3.05, 3.63) is 59.2 Å². The summed E-state index contributed by atoms with van der Waals surface area (Å²) >= 11 is 0. The summed E-state index contributed by atoms with van der Waals surface area (Å²) in [5, 5.41) is 9.09. The molecule has 0 spiro atoms. The molecule has 0 saturated heterocycles. The number of nitrogens with one attached hydrogen (secondary N) is 1. The Labute approximate surface area is 125 Å². The van der Waals surface area contributed by atoms with Gasteiger partial charge in [-0.3, -0.25) is 4.72 Å². The lowest BCUT2D eigenvalue weighted by Gasteiger charge is -2.11. The quantitative estimate of drug-likeness (QED) is 0.904. The molecule has 2 aromatic rings. The van der Waals surface area contributed by atoms with Gasteiger partial charge in [-0.2, -0.15) is 0 Å². The van der Waals surface area contributed by atoms with Crippen LogP contribution in [0.4, 0.5) is 14.5 Å². The molecule has 0 unspecified atom stereocenters. The lowest BCUT2D eigenvalue weighted by Crippen LogP contribution is -2.17. The van der Waals surface area contributed by atoms with Crippen LogP contribution in [0.2, 0.25) is 0 Å². The van der Waals surface area contributed by atoms with Crippen LogP contribution in [0.15, 0.2) is 41.3 Å². The van der Waals surface area contributed by atoms with E-state index in [4.69, 9.17) is 5.11 Å². The number of carbonyl (C=O) groups is 1. The van der Waals surface area contributed by atoms with Crippen molar-refractivity contribution >= 4 is 21.7 Å². The zero-order valence-electron chi connectivity index (χ0n) is 11.3. The normalized spacial score (nSPS) is 11.2. The fourth-order valence-electron chi connectivity index (χ4n) is 1.82. The smallest absolute Gasteiger partial charge is 0.337 e. The molecule has 0 aromatic heterocycles. The highest BCUT2D eigenvalue weighted by Gasteiger charge is 2.22. The van der Waals surface area contributed by atoms with E-state index >= 15 is 0 Å². The summed E-state index contributed by atoms with van der Waals surface area (Å²) < 4.78 is 52.7. The van der Waals surface area contributed by atoms with Crippen LogP contribution in [-0.4, -0.2) is 19.5 Å². The van der Waals surface area contributed by atoms with E-state index in [0.717, 1.165) is 12.1 Å². The van der Waals surface area contributed by atoms with Crippen molar-refractivity contribution in [3.8, 4) is 0 Å². The highest BCUT2D eigenvalue weighted by molar-refractivity contribution is 7.92. The summed E-state index contributed by atoms with van der Waals surface area (Å²) in [6.07, 6.45) is 0. The minimum atomic E-state index is -4.38. The summed E-state index contributed by atoms with van der Waals surface area (Å²) in [7, 11) is -4.38. The van der Waals surface area contributed by atoms with Crippen molar-refractivity contribution < 1.29 is 27.1 Å². The average molecular weight is 327 g/mol. The maximum absolute atomic E-state index is 13.6. The molecule has 0 aliphatic carbocycles. The van der Waals surface area contributed by atoms with Crippen LogP contribution in [0.25, 0.3) is 0 Å². The largest absolute Gasteiger partial charge is 0.478 e. The van der Waals surface area contributed by atoms with Crippen LogP contribution in [0.1, 0.15) is 15.9 Å². The van der Waals surface area contributed by atoms with E-state index in [-0.39, 0.29) is 11.3 Å². The predicted octanol–water partition coefficient (Wildman–Crippen LogP) is 2.77. The van der Waals surface area contributed by atoms with E-state index < -0.39 is 32.5 Å². The maximum Gasteiger partial charge on any atom is 0.337 e. The summed E-state index contributed by atoms with van der Waals surface area (Å²) in [6, 6.07) is 6.04. The second-order valence-corrected chi connectivity index (χ2v) is 6.19. The molecule has 2 N–H and O–H groups in total. The molecule has 8 heteroatoms. The molecule has 0 fully saturated rings. The highest BCUT2D eigenvalue weighted by atomic mass is 32.2. The van der Waals surface area contributed by atoms with Gasteiger partial charge in [0.25, 0.3) is 10.0 Å². The molecule has 0 radical (unpaired) electrons. The van der Waals surface area contributed by atoms with E-state index in [2.05, 4.69) is 0 Å². The van der Waals surface area contributed by atoms with Crippen LogP contribution in [0.3, 0.4) is 0 Å². The van der Waals surface area contributed by atoms with Crippen LogP contribution in [-0.2, 0) is 10.0 Å². The first-order valence-electron chi connectivity index (χ1n) is 6.02. The Kier molecular flexibility index (Phi) is 4.14. The topological polar surface area (TPSA) is 83.5 Å². The Bertz CT molecular complexity index is 850. The number of anilines is 1. The van der Waals surface area contributed by atoms with Crippen LogP contribution >= 0.6 is 0 Å². The Morgan fingerprint density at radius 3 is 2.41 bits per heavy atom. The van der Waals surface area contributed by atoms with E-state index in [1.165, 1.54) is 18.2 Å². The van der Waals surface area contributed by atoms with Crippen molar-refractivity contribution in [2.24, 2.45) is 0 Å². The van der Waals surface area contributed by atoms with Gasteiger partial charge in [-0.1, -0.05) is 11.6 Å². The lowest BCUT2D eigenvalue weighted by atomic mass is 10.1. The standard InChI is InChI=1S/C14H11F2NO4S/c1-8-2-4-12(10(6-8)14(18)19)17-22(20,21)13-5-3-9(15)7-11(13)16/h2-7,17H,1H3,(H,18,19). The third kappa shape index (κ3) is 3.22. The first-order valence-corrected chi connectivity index (χ1v) is 7.51. The third-order valence-corrected chi connectivity index (χ3v) is 4.23. The third-order valence-electron chi connectivity index (χ3n) is 2.83. The summed E-state index contributed by atoms with van der Waals surface area (Å²) in [5.74, 6) is -3.52. The van der Waals surface area contributed by atoms with E-state index in [0.29, 0.717) is 11.6 Å². The molecule has 116 valence electrons. The second kappa shape index (κ2) is 5.72. The van der Waals surface area contributed by atoms with Gasteiger partial charge in [-0.25, -0.2) is 22.0 Å². The minimum absolute atomic E-state index is 0.207. The van der Waals surface area contributed by atoms with Crippen molar-refractivity contribution in [3.63, 3.8) is 0 Å². The van der Waals surface area contributed by atoms with Crippen molar-refractivity contribution in [1.82, 2.24) is 0 Å². The van der Waals surface area contributed by atoms with Gasteiger partial charge in [0.15, 0.2) is 0 Å². The van der Waals surface area contributed by atoms with E-state index in [1.54, 1.807) is 6.92 Å². The Balaban J connectivity index is 2.47. The van der Waals surface area contributed by atoms with Gasteiger partial charge >= 0.3 is 5.97 Å². The number of aryl methyl sites for hydroxylation is 1. The fraction of sp³-hybridized carbons (Fsp3) is 0.0714. The Morgan fingerprint density at radius 2 is 1.82 bits per heavy atom. The molecule has 0 aliphatic heterocycles. The number of rotatable bonds is 4. The molecule has 2 rings (SSSR count). The molecule has 0 heterocycles. The zero-order chi connectivity index (χ0) is 16.5. The summed E-state index contributed by atoms with van der Waals surface area (Å²) in [4.78, 5) is 10.4. The van der Waals surface area contributed by atoms with Crippen LogP contribution in [0, 0.1) is 18.6 Å². The van der Waals surface area contributed by atoms with Gasteiger partial charge in [0, 0.05) is 6.07 Å². The van der Waals surface area contributed by atoms with Crippen LogP contribution < -0.4 is 4.72 Å². The fourth-order valence-corrected chi connectivity index (χ4v) is 2.96. The molecular formula is C14H11F2NO4S. The van der Waals surface area contributed by atoms with Gasteiger partial charge in [-0.05, 0) is 31.2 Å². The van der Waals surface area contributed by atoms with E-state index in [9.17, 15) is 22.0 Å². The number of carboxylic acids is 1. The Morgan fingerprint density at radius 1 is 1.14 bits per heavy atom. The predicted molar refractivity (Wildman–Crippen MR) is 75.3 cm³/mol. The molecular weight excluding hydrogens is 316 g/mol. The lowest BCUT2D eigenvalue weighted by molar-refractivity contribution is 0.0698. The number of hydrogen-bond acceptors (Lipinski definition) is 3. The van der Waals surface area contributed by atoms with Crippen molar-refractivity contribution in [1.29, 1.82) is 0 Å². The first kappa shape index (κ1) is 15.9. The SMILES string of the molecule is Cc1ccc(NS(=O)(=O)c2ccc(F)cc2F)c(C(=O)O)c1. The molecule has 0 amide bonds. The number of hydrogen-bond donors (Lipinski definition) is 2. The van der Waals surface area contributed by atoms with Gasteiger partial charge in [0.2, 0.25) is 0 Å². The number of sulfonamides is 1. The van der Waals surface area contributed by atoms with Gasteiger partial charge < -0.3 is 5.11 Å². The molecule has 0 aliphatic rings. The Hall–Kier alpha value is -2.48. The minimum Gasteiger partial charge on any atom is -0.478 e. The van der Waals surface area contributed by atoms with Crippen LogP contribution in [0.5, 0.6) is 0 Å². The number of aromatic carboxylic acids is 1. The van der Waals surface area contributed by atoms with Gasteiger partial charge in [0.05, 0.1) is 11.3 Å². The van der Waals surface area contributed by atoms with Gasteiger partial charge in [0.1, 0.15) is 16.5 Å². The first-order chi connectivity index (χ1) is 10.2. The van der Waals surface area contributed by atoms with E-state index in [1.807, 2.05) is 4.72 Å². The summed E-state index contributed by atoms with van der Waals surface area (Å²) in [6.45, 7) is 1.64. The van der Waals surface area contributed by atoms with Crippen molar-refractivity contribution in [2.45, 2.75) is 11.8 Å². The number of carboxylic acid groups (broad SMARTS) is 1. The molecule has 0 bridgehead atoms.